The van der Waals surface area contributed by atoms with Crippen LogP contribution < -0.4 is 5.73 Å². The Hall–Kier alpha value is -1.35. The van der Waals surface area contributed by atoms with Crippen LogP contribution in [0.25, 0.3) is 0 Å². The minimum absolute atomic E-state index is 0.197. The maximum Gasteiger partial charge on any atom is 0.310 e. The van der Waals surface area contributed by atoms with Crippen molar-refractivity contribution < 1.29 is 9.53 Å². The molecule has 18 heavy (non-hydrogen) atoms. The van der Waals surface area contributed by atoms with Crippen molar-refractivity contribution in [3.63, 3.8) is 0 Å². The second-order valence-corrected chi connectivity index (χ2v) is 4.75. The summed E-state index contributed by atoms with van der Waals surface area (Å²) in [6.45, 7) is 8.79. The van der Waals surface area contributed by atoms with Crippen LogP contribution in [0.2, 0.25) is 0 Å². The molecule has 0 saturated carbocycles. The van der Waals surface area contributed by atoms with Gasteiger partial charge in [-0.3, -0.25) is 4.79 Å². The summed E-state index contributed by atoms with van der Waals surface area (Å²) in [6.07, 6.45) is 0.655. The number of hydrogen-bond donors (Lipinski definition) is 1. The molecule has 1 aromatic carbocycles. The van der Waals surface area contributed by atoms with E-state index < -0.39 is 0 Å². The first-order chi connectivity index (χ1) is 8.49. The Kier molecular flexibility index (Phi) is 5.35. The van der Waals surface area contributed by atoms with Crippen molar-refractivity contribution in [2.45, 2.75) is 34.1 Å². The fourth-order valence-corrected chi connectivity index (χ4v) is 2.03. The summed E-state index contributed by atoms with van der Waals surface area (Å²) in [4.78, 5) is 11.7. The van der Waals surface area contributed by atoms with Gasteiger partial charge in [0.1, 0.15) is 0 Å². The standard InChI is InChI=1S/C15H23NO2/c1-5-18-15(17)14(9-16)8-13-7-11(3)10(2)6-12(13)4/h6-7,14H,5,8-9,16H2,1-4H3. The van der Waals surface area contributed by atoms with E-state index in [9.17, 15) is 4.79 Å². The average molecular weight is 249 g/mol. The zero-order valence-corrected chi connectivity index (χ0v) is 11.7. The summed E-state index contributed by atoms with van der Waals surface area (Å²) in [6, 6.07) is 4.30. The number of esters is 1. The Balaban J connectivity index is 2.88. The van der Waals surface area contributed by atoms with Crippen LogP contribution >= 0.6 is 0 Å². The van der Waals surface area contributed by atoms with Crippen molar-refractivity contribution in [1.29, 1.82) is 0 Å². The minimum atomic E-state index is -0.245. The molecule has 0 heterocycles. The van der Waals surface area contributed by atoms with Gasteiger partial charge < -0.3 is 10.5 Å². The predicted molar refractivity (Wildman–Crippen MR) is 73.5 cm³/mol. The van der Waals surface area contributed by atoms with Gasteiger partial charge >= 0.3 is 5.97 Å². The molecular weight excluding hydrogens is 226 g/mol. The van der Waals surface area contributed by atoms with E-state index in [1.165, 1.54) is 22.3 Å². The molecule has 0 aliphatic carbocycles. The lowest BCUT2D eigenvalue weighted by atomic mass is 9.93. The Morgan fingerprint density at radius 2 is 1.83 bits per heavy atom. The van der Waals surface area contributed by atoms with Crippen molar-refractivity contribution >= 4 is 5.97 Å². The maximum absolute atomic E-state index is 11.7. The van der Waals surface area contributed by atoms with Crippen LogP contribution in [0.1, 0.15) is 29.2 Å². The summed E-state index contributed by atoms with van der Waals surface area (Å²) < 4.78 is 5.04. The molecule has 100 valence electrons. The predicted octanol–water partition coefficient (Wildman–Crippen LogP) is 2.29. The number of carbonyl (C=O) groups is 1. The Labute approximate surface area is 109 Å². The fraction of sp³-hybridized carbons (Fsp3) is 0.533. The molecule has 0 amide bonds. The van der Waals surface area contributed by atoms with Crippen molar-refractivity contribution in [3.8, 4) is 0 Å². The molecule has 1 atom stereocenters. The smallest absolute Gasteiger partial charge is 0.310 e. The molecule has 0 aliphatic heterocycles. The third-order valence-electron chi connectivity index (χ3n) is 3.32. The van der Waals surface area contributed by atoms with E-state index in [1.54, 1.807) is 0 Å². The molecule has 0 radical (unpaired) electrons. The zero-order chi connectivity index (χ0) is 13.7. The molecule has 1 unspecified atom stereocenters. The Morgan fingerprint density at radius 1 is 1.22 bits per heavy atom. The highest BCUT2D eigenvalue weighted by Crippen LogP contribution is 2.19. The van der Waals surface area contributed by atoms with Gasteiger partial charge in [0.15, 0.2) is 0 Å². The van der Waals surface area contributed by atoms with E-state index in [-0.39, 0.29) is 11.9 Å². The SMILES string of the molecule is CCOC(=O)C(CN)Cc1cc(C)c(C)cc1C. The molecule has 0 bridgehead atoms. The number of nitrogens with two attached hydrogens (primary N) is 1. The van der Waals surface area contributed by atoms with Gasteiger partial charge in [-0.25, -0.2) is 0 Å². The highest BCUT2D eigenvalue weighted by atomic mass is 16.5. The summed E-state index contributed by atoms with van der Waals surface area (Å²) >= 11 is 0. The lowest BCUT2D eigenvalue weighted by Gasteiger charge is -2.16. The van der Waals surface area contributed by atoms with E-state index in [2.05, 4.69) is 32.9 Å². The van der Waals surface area contributed by atoms with Crippen LogP contribution in [-0.4, -0.2) is 19.1 Å². The number of ether oxygens (including phenoxy) is 1. The third-order valence-corrected chi connectivity index (χ3v) is 3.32. The van der Waals surface area contributed by atoms with E-state index in [0.29, 0.717) is 19.6 Å². The highest BCUT2D eigenvalue weighted by molar-refractivity contribution is 5.73. The number of benzene rings is 1. The summed E-state index contributed by atoms with van der Waals surface area (Å²) in [5.74, 6) is -0.441. The van der Waals surface area contributed by atoms with Gasteiger partial charge in [-0.05, 0) is 56.4 Å². The summed E-state index contributed by atoms with van der Waals surface area (Å²) in [7, 11) is 0. The maximum atomic E-state index is 11.7. The van der Waals surface area contributed by atoms with Crippen LogP contribution in [0.3, 0.4) is 0 Å². The lowest BCUT2D eigenvalue weighted by Crippen LogP contribution is -2.28. The third kappa shape index (κ3) is 3.57. The minimum Gasteiger partial charge on any atom is -0.466 e. The van der Waals surface area contributed by atoms with E-state index in [0.717, 1.165) is 0 Å². The van der Waals surface area contributed by atoms with Crippen LogP contribution in [0.5, 0.6) is 0 Å². The molecule has 3 heteroatoms. The molecule has 0 spiro atoms. The molecule has 0 fully saturated rings. The first-order valence-electron chi connectivity index (χ1n) is 6.43. The van der Waals surface area contributed by atoms with E-state index in [4.69, 9.17) is 10.5 Å². The van der Waals surface area contributed by atoms with E-state index >= 15 is 0 Å². The largest absolute Gasteiger partial charge is 0.466 e. The van der Waals surface area contributed by atoms with Crippen molar-refractivity contribution in [1.82, 2.24) is 0 Å². The first kappa shape index (κ1) is 14.7. The number of hydrogen-bond acceptors (Lipinski definition) is 3. The second kappa shape index (κ2) is 6.55. The van der Waals surface area contributed by atoms with Gasteiger partial charge in [0.05, 0.1) is 12.5 Å². The van der Waals surface area contributed by atoms with Crippen molar-refractivity contribution in [3.05, 3.63) is 34.4 Å². The fourth-order valence-electron chi connectivity index (χ4n) is 2.03. The molecule has 0 aromatic heterocycles. The molecule has 1 rings (SSSR count). The van der Waals surface area contributed by atoms with Crippen LogP contribution in [0.15, 0.2) is 12.1 Å². The lowest BCUT2D eigenvalue weighted by molar-refractivity contribution is -0.147. The van der Waals surface area contributed by atoms with Crippen molar-refractivity contribution in [2.75, 3.05) is 13.2 Å². The van der Waals surface area contributed by atoms with Gasteiger partial charge in [-0.1, -0.05) is 12.1 Å². The first-order valence-corrected chi connectivity index (χ1v) is 6.43. The highest BCUT2D eigenvalue weighted by Gasteiger charge is 2.19. The zero-order valence-electron chi connectivity index (χ0n) is 11.7. The molecule has 0 saturated heterocycles. The average Bonchev–Trinajstić information content (AvgIpc) is 2.32. The normalized spacial score (nSPS) is 12.3. The van der Waals surface area contributed by atoms with Gasteiger partial charge in [-0.2, -0.15) is 0 Å². The molecule has 1 aromatic rings. The molecule has 3 nitrogen and oxygen atoms in total. The second-order valence-electron chi connectivity index (χ2n) is 4.75. The van der Waals surface area contributed by atoms with Gasteiger partial charge in [0, 0.05) is 6.54 Å². The number of aryl methyl sites for hydroxylation is 3. The van der Waals surface area contributed by atoms with Crippen LogP contribution in [0, 0.1) is 26.7 Å². The Morgan fingerprint density at radius 3 is 2.39 bits per heavy atom. The summed E-state index contributed by atoms with van der Waals surface area (Å²) in [5.41, 5.74) is 10.6. The number of rotatable bonds is 5. The van der Waals surface area contributed by atoms with Gasteiger partial charge in [-0.15, -0.1) is 0 Å². The summed E-state index contributed by atoms with van der Waals surface area (Å²) in [5, 5.41) is 0. The topological polar surface area (TPSA) is 52.3 Å². The molecular formula is C15H23NO2. The van der Waals surface area contributed by atoms with E-state index in [1.807, 2.05) is 6.92 Å². The molecule has 2 N–H and O–H groups in total. The van der Waals surface area contributed by atoms with Gasteiger partial charge in [0.2, 0.25) is 0 Å². The number of carbonyl (C=O) groups excluding carboxylic acids is 1. The van der Waals surface area contributed by atoms with Gasteiger partial charge in [0.25, 0.3) is 0 Å². The molecule has 0 aliphatic rings. The Bertz CT molecular complexity index is 427. The van der Waals surface area contributed by atoms with Crippen LogP contribution in [0.4, 0.5) is 0 Å². The van der Waals surface area contributed by atoms with Crippen molar-refractivity contribution in [2.24, 2.45) is 11.7 Å². The monoisotopic (exact) mass is 249 g/mol. The van der Waals surface area contributed by atoms with Crippen LogP contribution in [-0.2, 0) is 16.0 Å². The quantitative estimate of drug-likeness (QED) is 0.815.